The Hall–Kier alpha value is -1.36. The van der Waals surface area contributed by atoms with Crippen molar-refractivity contribution in [3.63, 3.8) is 0 Å². The van der Waals surface area contributed by atoms with Crippen molar-refractivity contribution in [3.8, 4) is 0 Å². The molecule has 0 fully saturated rings. The highest BCUT2D eigenvalue weighted by molar-refractivity contribution is 5.49. The van der Waals surface area contributed by atoms with Crippen LogP contribution in [0.1, 0.15) is 52.3 Å². The standard InChI is InChI=1S/C15H28N4O/c1-6-8-16-13-10-14(18-15(17-13)11(2)3)19(5)9-7-12(4)20/h10-12,20H,6-9H2,1-5H3,(H,16,17,18). The molecule has 0 aromatic carbocycles. The van der Waals surface area contributed by atoms with Crippen LogP contribution >= 0.6 is 0 Å². The molecule has 1 unspecified atom stereocenters. The van der Waals surface area contributed by atoms with Crippen LogP contribution in [0.5, 0.6) is 0 Å². The quantitative estimate of drug-likeness (QED) is 0.766. The zero-order valence-corrected chi connectivity index (χ0v) is 13.3. The van der Waals surface area contributed by atoms with Crippen molar-refractivity contribution in [3.05, 3.63) is 11.9 Å². The first-order valence-corrected chi connectivity index (χ1v) is 7.46. The normalized spacial score (nSPS) is 12.6. The molecule has 0 aliphatic rings. The number of aromatic nitrogens is 2. The van der Waals surface area contributed by atoms with E-state index in [4.69, 9.17) is 0 Å². The van der Waals surface area contributed by atoms with Crippen LogP contribution in [0.25, 0.3) is 0 Å². The van der Waals surface area contributed by atoms with Gasteiger partial charge in [0, 0.05) is 32.1 Å². The predicted molar refractivity (Wildman–Crippen MR) is 84.5 cm³/mol. The maximum absolute atomic E-state index is 9.39. The summed E-state index contributed by atoms with van der Waals surface area (Å²) in [4.78, 5) is 11.2. The maximum Gasteiger partial charge on any atom is 0.135 e. The zero-order chi connectivity index (χ0) is 15.1. The molecule has 0 aliphatic heterocycles. The van der Waals surface area contributed by atoms with Gasteiger partial charge in [-0.15, -0.1) is 0 Å². The van der Waals surface area contributed by atoms with Crippen molar-refractivity contribution in [2.45, 2.75) is 52.6 Å². The topological polar surface area (TPSA) is 61.3 Å². The van der Waals surface area contributed by atoms with Gasteiger partial charge in [0.25, 0.3) is 0 Å². The number of aliphatic hydroxyl groups excluding tert-OH is 1. The number of nitrogens with zero attached hydrogens (tertiary/aromatic N) is 3. The minimum Gasteiger partial charge on any atom is -0.393 e. The molecule has 5 nitrogen and oxygen atoms in total. The van der Waals surface area contributed by atoms with Crippen LogP contribution < -0.4 is 10.2 Å². The van der Waals surface area contributed by atoms with Crippen LogP contribution in [0.15, 0.2) is 6.07 Å². The molecule has 114 valence electrons. The van der Waals surface area contributed by atoms with Gasteiger partial charge in [0.05, 0.1) is 6.10 Å². The van der Waals surface area contributed by atoms with Gasteiger partial charge in [-0.3, -0.25) is 0 Å². The van der Waals surface area contributed by atoms with Crippen molar-refractivity contribution >= 4 is 11.6 Å². The molecule has 0 bridgehead atoms. The molecule has 0 aliphatic carbocycles. The molecule has 1 atom stereocenters. The second-order valence-corrected chi connectivity index (χ2v) is 5.61. The SMILES string of the molecule is CCCNc1cc(N(C)CCC(C)O)nc(C(C)C)n1. The molecule has 5 heteroatoms. The number of anilines is 2. The third-order valence-electron chi connectivity index (χ3n) is 3.08. The molecule has 0 amide bonds. The van der Waals surface area contributed by atoms with Gasteiger partial charge < -0.3 is 15.3 Å². The molecule has 0 radical (unpaired) electrons. The van der Waals surface area contributed by atoms with Gasteiger partial charge in [-0.2, -0.15) is 0 Å². The van der Waals surface area contributed by atoms with E-state index in [-0.39, 0.29) is 6.10 Å². The Bertz CT molecular complexity index is 407. The van der Waals surface area contributed by atoms with E-state index in [9.17, 15) is 5.11 Å². The lowest BCUT2D eigenvalue weighted by Gasteiger charge is -2.21. The summed E-state index contributed by atoms with van der Waals surface area (Å²) in [6, 6.07) is 1.98. The summed E-state index contributed by atoms with van der Waals surface area (Å²) in [6.45, 7) is 9.82. The number of rotatable bonds is 8. The van der Waals surface area contributed by atoms with Crippen LogP contribution in [0.3, 0.4) is 0 Å². The van der Waals surface area contributed by atoms with E-state index in [2.05, 4.69) is 41.0 Å². The maximum atomic E-state index is 9.39. The van der Waals surface area contributed by atoms with E-state index < -0.39 is 0 Å². The molecule has 1 aromatic rings. The second-order valence-electron chi connectivity index (χ2n) is 5.61. The molecule has 1 rings (SSSR count). The predicted octanol–water partition coefficient (Wildman–Crippen LogP) is 2.63. The van der Waals surface area contributed by atoms with E-state index in [1.54, 1.807) is 0 Å². The van der Waals surface area contributed by atoms with E-state index in [0.29, 0.717) is 5.92 Å². The van der Waals surface area contributed by atoms with Crippen LogP contribution in [-0.4, -0.2) is 41.3 Å². The minimum atomic E-state index is -0.290. The van der Waals surface area contributed by atoms with Gasteiger partial charge in [-0.1, -0.05) is 20.8 Å². The fourth-order valence-corrected chi connectivity index (χ4v) is 1.75. The molecular weight excluding hydrogens is 252 g/mol. The first kappa shape index (κ1) is 16.7. The lowest BCUT2D eigenvalue weighted by molar-refractivity contribution is 0.187. The molecule has 2 N–H and O–H groups in total. The van der Waals surface area contributed by atoms with Crippen molar-refractivity contribution in [1.29, 1.82) is 0 Å². The Morgan fingerprint density at radius 3 is 2.55 bits per heavy atom. The minimum absolute atomic E-state index is 0.290. The number of hydrogen-bond acceptors (Lipinski definition) is 5. The molecule has 1 heterocycles. The number of hydrogen-bond donors (Lipinski definition) is 2. The largest absolute Gasteiger partial charge is 0.393 e. The summed E-state index contributed by atoms with van der Waals surface area (Å²) in [6.07, 6.45) is 1.50. The number of aliphatic hydroxyl groups is 1. The van der Waals surface area contributed by atoms with Crippen LogP contribution in [0, 0.1) is 0 Å². The van der Waals surface area contributed by atoms with Crippen LogP contribution in [-0.2, 0) is 0 Å². The van der Waals surface area contributed by atoms with Crippen molar-refractivity contribution < 1.29 is 5.11 Å². The first-order chi connectivity index (χ1) is 9.43. The Kier molecular flexibility index (Phi) is 6.71. The third kappa shape index (κ3) is 5.33. The summed E-state index contributed by atoms with van der Waals surface area (Å²) >= 11 is 0. The lowest BCUT2D eigenvalue weighted by Crippen LogP contribution is -2.23. The summed E-state index contributed by atoms with van der Waals surface area (Å²) < 4.78 is 0. The molecule has 20 heavy (non-hydrogen) atoms. The fraction of sp³-hybridized carbons (Fsp3) is 0.733. The Morgan fingerprint density at radius 1 is 1.30 bits per heavy atom. The summed E-state index contributed by atoms with van der Waals surface area (Å²) in [5.41, 5.74) is 0. The first-order valence-electron chi connectivity index (χ1n) is 7.46. The third-order valence-corrected chi connectivity index (χ3v) is 3.08. The smallest absolute Gasteiger partial charge is 0.135 e. The van der Waals surface area contributed by atoms with E-state index in [1.165, 1.54) is 0 Å². The zero-order valence-electron chi connectivity index (χ0n) is 13.3. The van der Waals surface area contributed by atoms with Gasteiger partial charge in [-0.25, -0.2) is 9.97 Å². The molecule has 0 saturated carbocycles. The lowest BCUT2D eigenvalue weighted by atomic mass is 10.2. The highest BCUT2D eigenvalue weighted by Crippen LogP contribution is 2.19. The average molecular weight is 280 g/mol. The Labute approximate surface area is 122 Å². The van der Waals surface area contributed by atoms with Crippen LogP contribution in [0.2, 0.25) is 0 Å². The summed E-state index contributed by atoms with van der Waals surface area (Å²) in [5.74, 6) is 2.93. The van der Waals surface area contributed by atoms with Gasteiger partial charge in [0.2, 0.25) is 0 Å². The van der Waals surface area contributed by atoms with Gasteiger partial charge in [-0.05, 0) is 19.8 Å². The second kappa shape index (κ2) is 8.04. The summed E-state index contributed by atoms with van der Waals surface area (Å²) in [5, 5.41) is 12.7. The van der Waals surface area contributed by atoms with Gasteiger partial charge in [0.15, 0.2) is 0 Å². The van der Waals surface area contributed by atoms with Gasteiger partial charge in [0.1, 0.15) is 17.5 Å². The number of nitrogens with one attached hydrogen (secondary N) is 1. The fourth-order valence-electron chi connectivity index (χ4n) is 1.75. The Balaban J connectivity index is 2.89. The molecule has 0 saturated heterocycles. The summed E-state index contributed by atoms with van der Waals surface area (Å²) in [7, 11) is 2.00. The highest BCUT2D eigenvalue weighted by atomic mass is 16.3. The molecule has 0 spiro atoms. The highest BCUT2D eigenvalue weighted by Gasteiger charge is 2.11. The van der Waals surface area contributed by atoms with Gasteiger partial charge >= 0.3 is 0 Å². The van der Waals surface area contributed by atoms with E-state index in [1.807, 2.05) is 20.0 Å². The monoisotopic (exact) mass is 280 g/mol. The molecule has 1 aromatic heterocycles. The average Bonchev–Trinajstić information content (AvgIpc) is 2.41. The van der Waals surface area contributed by atoms with Crippen molar-refractivity contribution in [2.75, 3.05) is 30.4 Å². The van der Waals surface area contributed by atoms with E-state index in [0.717, 1.165) is 43.4 Å². The van der Waals surface area contributed by atoms with Crippen molar-refractivity contribution in [2.24, 2.45) is 0 Å². The van der Waals surface area contributed by atoms with Crippen LogP contribution in [0.4, 0.5) is 11.6 Å². The molecular formula is C15H28N4O. The van der Waals surface area contributed by atoms with E-state index >= 15 is 0 Å². The Morgan fingerprint density at radius 2 is 2.00 bits per heavy atom. The van der Waals surface area contributed by atoms with Crippen molar-refractivity contribution in [1.82, 2.24) is 9.97 Å².